The lowest BCUT2D eigenvalue weighted by Gasteiger charge is -2.25. The third kappa shape index (κ3) is 8.05. The minimum Gasteiger partial charge on any atom is -0.484 e. The molecule has 0 heterocycles. The predicted octanol–water partition coefficient (Wildman–Crippen LogP) is 4.97. The molecular weight excluding hydrogens is 552 g/mol. The molecule has 216 valence electrons. The van der Waals surface area contributed by atoms with E-state index < -0.39 is 22.5 Å². The van der Waals surface area contributed by atoms with Crippen LogP contribution in [0.3, 0.4) is 0 Å². The van der Waals surface area contributed by atoms with Gasteiger partial charge in [0.05, 0.1) is 16.8 Å². The smallest absolute Gasteiger partial charge is 0.264 e. The van der Waals surface area contributed by atoms with Crippen LogP contribution in [0, 0.1) is 20.8 Å². The summed E-state index contributed by atoms with van der Waals surface area (Å²) >= 11 is 0. The van der Waals surface area contributed by atoms with Crippen LogP contribution in [0.4, 0.5) is 11.4 Å². The first kappa shape index (κ1) is 30.0. The number of hydrogen-bond donors (Lipinski definition) is 2. The lowest BCUT2D eigenvalue weighted by Crippen LogP contribution is -2.40. The number of benzene rings is 4. The number of ether oxygens (including phenoxy) is 1. The average Bonchev–Trinajstić information content (AvgIpc) is 2.97. The fourth-order valence-corrected chi connectivity index (χ4v) is 5.46. The van der Waals surface area contributed by atoms with Gasteiger partial charge in [0.25, 0.3) is 21.8 Å². The molecule has 0 radical (unpaired) electrons. The summed E-state index contributed by atoms with van der Waals surface area (Å²) < 4.78 is 33.9. The van der Waals surface area contributed by atoms with E-state index in [0.717, 1.165) is 15.4 Å². The fraction of sp³-hybridized carbons (Fsp3) is 0.156. The maximum Gasteiger partial charge on any atom is 0.264 e. The van der Waals surface area contributed by atoms with E-state index in [1.54, 1.807) is 61.5 Å². The maximum absolute atomic E-state index is 13.6. The molecule has 0 spiro atoms. The van der Waals surface area contributed by atoms with E-state index in [-0.39, 0.29) is 17.4 Å². The summed E-state index contributed by atoms with van der Waals surface area (Å²) in [5, 5.41) is 6.74. The number of anilines is 2. The molecular formula is C32H32N4O5S. The van der Waals surface area contributed by atoms with E-state index in [1.165, 1.54) is 18.3 Å². The van der Waals surface area contributed by atoms with E-state index in [9.17, 15) is 18.0 Å². The van der Waals surface area contributed by atoms with Crippen molar-refractivity contribution < 1.29 is 22.7 Å². The fourth-order valence-electron chi connectivity index (χ4n) is 3.99. The number of amides is 2. The van der Waals surface area contributed by atoms with Crippen molar-refractivity contribution in [2.75, 3.05) is 22.8 Å². The second-order valence-corrected chi connectivity index (χ2v) is 11.5. The highest BCUT2D eigenvalue weighted by Gasteiger charge is 2.28. The van der Waals surface area contributed by atoms with Gasteiger partial charge in [0.2, 0.25) is 0 Å². The largest absolute Gasteiger partial charge is 0.484 e. The van der Waals surface area contributed by atoms with Gasteiger partial charge in [-0.15, -0.1) is 0 Å². The van der Waals surface area contributed by atoms with Crippen molar-refractivity contribution in [3.05, 3.63) is 119 Å². The molecule has 0 fully saturated rings. The number of para-hydroxylation sites is 1. The lowest BCUT2D eigenvalue weighted by molar-refractivity contribution is -0.119. The molecule has 0 bridgehead atoms. The van der Waals surface area contributed by atoms with E-state index in [1.807, 2.05) is 44.2 Å². The molecule has 2 N–H and O–H groups in total. The second kappa shape index (κ2) is 13.6. The van der Waals surface area contributed by atoms with E-state index in [4.69, 9.17) is 4.74 Å². The average molecular weight is 585 g/mol. The normalized spacial score (nSPS) is 11.2. The predicted molar refractivity (Wildman–Crippen MR) is 164 cm³/mol. The van der Waals surface area contributed by atoms with Crippen LogP contribution >= 0.6 is 0 Å². The van der Waals surface area contributed by atoms with Crippen LogP contribution < -0.4 is 19.8 Å². The summed E-state index contributed by atoms with van der Waals surface area (Å²) in [6.07, 6.45) is 1.43. The van der Waals surface area contributed by atoms with Gasteiger partial charge in [-0.25, -0.2) is 13.8 Å². The number of hydrazone groups is 1. The van der Waals surface area contributed by atoms with Gasteiger partial charge in [-0.1, -0.05) is 48.0 Å². The molecule has 4 aromatic carbocycles. The van der Waals surface area contributed by atoms with Gasteiger partial charge in [0, 0.05) is 5.69 Å². The van der Waals surface area contributed by atoms with Crippen LogP contribution in [0.2, 0.25) is 0 Å². The summed E-state index contributed by atoms with van der Waals surface area (Å²) in [5.41, 5.74) is 6.68. The third-order valence-electron chi connectivity index (χ3n) is 6.24. The van der Waals surface area contributed by atoms with Crippen molar-refractivity contribution in [3.63, 3.8) is 0 Å². The molecule has 42 heavy (non-hydrogen) atoms. The standard InChI is InChI=1S/C32H32N4O5S/c1-23-10-17-29(18-11-23)42(39,40)36(30-19-24(2)9-12-25(30)3)21-31(37)35-33-20-26-13-15-28(16-14-26)41-22-32(38)34-27-7-5-4-6-8-27/h4-20H,21-22H2,1-3H3,(H,34,38)(H,35,37)/b33-20-. The van der Waals surface area contributed by atoms with Gasteiger partial charge in [0.15, 0.2) is 6.61 Å². The molecule has 2 amide bonds. The molecule has 0 unspecified atom stereocenters. The Kier molecular flexibility index (Phi) is 9.72. The Morgan fingerprint density at radius 3 is 2.19 bits per heavy atom. The Labute approximate surface area is 245 Å². The van der Waals surface area contributed by atoms with Crippen molar-refractivity contribution in [1.29, 1.82) is 0 Å². The zero-order chi connectivity index (χ0) is 30.1. The highest BCUT2D eigenvalue weighted by Crippen LogP contribution is 2.28. The van der Waals surface area contributed by atoms with Gasteiger partial charge in [0.1, 0.15) is 12.3 Å². The van der Waals surface area contributed by atoms with Crippen LogP contribution in [0.25, 0.3) is 0 Å². The Bertz CT molecular complexity index is 1670. The summed E-state index contributed by atoms with van der Waals surface area (Å²) in [6.45, 7) is 4.92. The van der Waals surface area contributed by atoms with E-state index >= 15 is 0 Å². The highest BCUT2D eigenvalue weighted by atomic mass is 32.2. The molecule has 4 aromatic rings. The van der Waals surface area contributed by atoms with Gasteiger partial charge in [-0.3, -0.25) is 13.9 Å². The van der Waals surface area contributed by atoms with Gasteiger partial charge >= 0.3 is 0 Å². The first-order chi connectivity index (χ1) is 20.1. The van der Waals surface area contributed by atoms with Crippen molar-refractivity contribution in [2.45, 2.75) is 25.7 Å². The monoisotopic (exact) mass is 584 g/mol. The Morgan fingerprint density at radius 1 is 0.833 bits per heavy atom. The minimum absolute atomic E-state index is 0.0881. The molecule has 0 aliphatic heterocycles. The SMILES string of the molecule is Cc1ccc(S(=O)(=O)N(CC(=O)N/N=C\c2ccc(OCC(=O)Nc3ccccc3)cc2)c2cc(C)ccc2C)cc1. The van der Waals surface area contributed by atoms with Gasteiger partial charge in [-0.2, -0.15) is 5.10 Å². The van der Waals surface area contributed by atoms with Crippen molar-refractivity contribution in [1.82, 2.24) is 5.43 Å². The van der Waals surface area contributed by atoms with E-state index in [0.29, 0.717) is 28.3 Å². The summed E-state index contributed by atoms with van der Waals surface area (Å²) in [7, 11) is -4.04. The highest BCUT2D eigenvalue weighted by molar-refractivity contribution is 7.92. The third-order valence-corrected chi connectivity index (χ3v) is 8.01. The van der Waals surface area contributed by atoms with Crippen LogP contribution in [-0.4, -0.2) is 39.6 Å². The van der Waals surface area contributed by atoms with Gasteiger partial charge < -0.3 is 10.1 Å². The van der Waals surface area contributed by atoms with Crippen LogP contribution in [0.15, 0.2) is 107 Å². The number of sulfonamides is 1. The molecule has 0 atom stereocenters. The molecule has 9 nitrogen and oxygen atoms in total. The van der Waals surface area contributed by atoms with Gasteiger partial charge in [-0.05, 0) is 92.1 Å². The summed E-state index contributed by atoms with van der Waals surface area (Å²) in [4.78, 5) is 25.1. The molecule has 0 aliphatic carbocycles. The van der Waals surface area contributed by atoms with E-state index in [2.05, 4.69) is 15.8 Å². The Balaban J connectivity index is 1.38. The second-order valence-electron chi connectivity index (χ2n) is 9.68. The first-order valence-electron chi connectivity index (χ1n) is 13.2. The molecule has 0 aromatic heterocycles. The maximum atomic E-state index is 13.6. The molecule has 4 rings (SSSR count). The number of rotatable bonds is 11. The number of nitrogens with zero attached hydrogens (tertiary/aromatic N) is 2. The minimum atomic E-state index is -4.04. The molecule has 0 aliphatic rings. The Morgan fingerprint density at radius 2 is 1.50 bits per heavy atom. The number of hydrogen-bond acceptors (Lipinski definition) is 6. The number of carbonyl (C=O) groups excluding carboxylic acids is 2. The number of nitrogens with one attached hydrogen (secondary N) is 2. The van der Waals surface area contributed by atoms with Crippen LogP contribution in [0.1, 0.15) is 22.3 Å². The van der Waals surface area contributed by atoms with Crippen molar-refractivity contribution in [3.8, 4) is 5.75 Å². The van der Waals surface area contributed by atoms with Crippen molar-refractivity contribution >= 4 is 39.4 Å². The van der Waals surface area contributed by atoms with Crippen LogP contribution in [0.5, 0.6) is 5.75 Å². The number of aryl methyl sites for hydroxylation is 3. The lowest BCUT2D eigenvalue weighted by atomic mass is 10.1. The molecule has 10 heteroatoms. The Hall–Kier alpha value is -4.96. The number of carbonyl (C=O) groups is 2. The van der Waals surface area contributed by atoms with Crippen LogP contribution in [-0.2, 0) is 19.6 Å². The zero-order valence-electron chi connectivity index (χ0n) is 23.6. The quantitative estimate of drug-likeness (QED) is 0.191. The zero-order valence-corrected chi connectivity index (χ0v) is 24.4. The molecule has 0 saturated heterocycles. The summed E-state index contributed by atoms with van der Waals surface area (Å²) in [5.74, 6) is -0.397. The first-order valence-corrected chi connectivity index (χ1v) is 14.6. The molecule has 0 saturated carbocycles. The summed E-state index contributed by atoms with van der Waals surface area (Å²) in [6, 6.07) is 27.8. The van der Waals surface area contributed by atoms with Crippen molar-refractivity contribution in [2.24, 2.45) is 5.10 Å². The topological polar surface area (TPSA) is 117 Å².